The Kier molecular flexibility index (Phi) is 8.78. The number of nitrogens with zero attached hydrogens (tertiary/aromatic N) is 5. The minimum Gasteiger partial charge on any atom is -0.488 e. The van der Waals surface area contributed by atoms with Crippen molar-refractivity contribution in [2.24, 2.45) is 0 Å². The van der Waals surface area contributed by atoms with E-state index in [1.165, 1.54) is 24.4 Å². The van der Waals surface area contributed by atoms with Gasteiger partial charge in [-0.25, -0.2) is 8.42 Å². The summed E-state index contributed by atoms with van der Waals surface area (Å²) < 4.78 is 77.8. The Morgan fingerprint density at radius 1 is 1.25 bits per heavy atom. The van der Waals surface area contributed by atoms with Gasteiger partial charge in [-0.3, -0.25) is 14.5 Å². The molecule has 1 aliphatic heterocycles. The normalized spacial score (nSPS) is 18.0. The van der Waals surface area contributed by atoms with E-state index in [0.717, 1.165) is 16.6 Å². The monoisotopic (exact) mass is 581 g/mol. The largest absolute Gasteiger partial charge is 0.488 e. The third-order valence-corrected chi connectivity index (χ3v) is 8.67. The van der Waals surface area contributed by atoms with Crippen LogP contribution in [0.25, 0.3) is 0 Å². The van der Waals surface area contributed by atoms with Crippen molar-refractivity contribution in [3.8, 4) is 5.75 Å². The van der Waals surface area contributed by atoms with E-state index in [2.05, 4.69) is 15.3 Å². The van der Waals surface area contributed by atoms with Crippen molar-refractivity contribution in [3.05, 3.63) is 65.2 Å². The first-order valence-electron chi connectivity index (χ1n) is 12.8. The Bertz CT molecular complexity index is 1460. The molecule has 2 atom stereocenters. The minimum atomic E-state index is -4.76. The average molecular weight is 582 g/mol. The molecule has 3 aromatic rings. The predicted molar refractivity (Wildman–Crippen MR) is 137 cm³/mol. The second-order valence-corrected chi connectivity index (χ2v) is 11.5. The molecule has 2 aromatic heterocycles. The van der Waals surface area contributed by atoms with Crippen molar-refractivity contribution in [1.29, 1.82) is 0 Å². The number of rotatable bonds is 10. The highest BCUT2D eigenvalue weighted by atomic mass is 32.2. The molecule has 14 heteroatoms. The number of carboxylic acid groups (broad SMARTS) is 1. The SMILES string of the molecule is CC[C@@H]1CN(Cc2cc(C(CCc3cn(CC)nn3)CC(=O)O)ccc2C(F)(F)F)S(=O)(=O)c2cnccc2O1. The van der Waals surface area contributed by atoms with E-state index in [1.807, 2.05) is 6.92 Å². The van der Waals surface area contributed by atoms with Gasteiger partial charge in [-0.15, -0.1) is 5.10 Å². The quantitative estimate of drug-likeness (QED) is 0.376. The molecule has 1 N–H and O–H groups in total. The number of alkyl halides is 3. The van der Waals surface area contributed by atoms with Gasteiger partial charge < -0.3 is 9.84 Å². The lowest BCUT2D eigenvalue weighted by molar-refractivity contribution is -0.139. The van der Waals surface area contributed by atoms with E-state index in [9.17, 15) is 31.5 Å². The lowest BCUT2D eigenvalue weighted by atomic mass is 9.88. The maximum atomic E-state index is 14.1. The van der Waals surface area contributed by atoms with Gasteiger partial charge in [0.25, 0.3) is 0 Å². The number of benzene rings is 1. The standard InChI is InChI=1S/C26H30F3N5O5S/c1-3-21-16-34(40(37,38)24-13-30-10-9-23(24)39-21)14-19-11-17(6-8-22(19)26(27,28)29)18(12-25(35)36)5-7-20-15-33(4-2)32-31-20/h6,8-11,13,15,18,21H,3-5,7,12,14,16H2,1-2H3,(H,35,36)/t18?,21-/m1/s1. The summed E-state index contributed by atoms with van der Waals surface area (Å²) in [5.41, 5.74) is -0.261. The number of sulfonamides is 1. The van der Waals surface area contributed by atoms with Crippen LogP contribution in [0.1, 0.15) is 61.4 Å². The van der Waals surface area contributed by atoms with E-state index in [4.69, 9.17) is 4.74 Å². The van der Waals surface area contributed by atoms with Gasteiger partial charge in [0.2, 0.25) is 10.0 Å². The van der Waals surface area contributed by atoms with E-state index in [-0.39, 0.29) is 29.2 Å². The summed E-state index contributed by atoms with van der Waals surface area (Å²) in [5.74, 6) is -1.65. The van der Waals surface area contributed by atoms with Crippen LogP contribution in [0.5, 0.6) is 5.75 Å². The molecule has 0 saturated carbocycles. The number of carbonyl (C=O) groups is 1. The van der Waals surface area contributed by atoms with E-state index in [1.54, 1.807) is 17.8 Å². The van der Waals surface area contributed by atoms with Crippen molar-refractivity contribution < 1.29 is 36.2 Å². The molecule has 0 radical (unpaired) electrons. The fourth-order valence-corrected chi connectivity index (χ4v) is 6.21. The Hall–Kier alpha value is -3.52. The Morgan fingerprint density at radius 2 is 2.02 bits per heavy atom. The first kappa shape index (κ1) is 29.5. The second-order valence-electron chi connectivity index (χ2n) is 9.58. The molecule has 40 heavy (non-hydrogen) atoms. The van der Waals surface area contributed by atoms with Crippen molar-refractivity contribution in [1.82, 2.24) is 24.3 Å². The summed E-state index contributed by atoms with van der Waals surface area (Å²) >= 11 is 0. The number of ether oxygens (including phenoxy) is 1. The number of hydrogen-bond donors (Lipinski definition) is 1. The number of fused-ring (bicyclic) bond motifs is 1. The number of pyridine rings is 1. The summed E-state index contributed by atoms with van der Waals surface area (Å²) in [6, 6.07) is 4.83. The van der Waals surface area contributed by atoms with Gasteiger partial charge in [-0.1, -0.05) is 24.3 Å². The van der Waals surface area contributed by atoms with Gasteiger partial charge >= 0.3 is 12.1 Å². The van der Waals surface area contributed by atoms with Crippen LogP contribution in [-0.2, 0) is 40.5 Å². The molecule has 216 valence electrons. The highest BCUT2D eigenvalue weighted by molar-refractivity contribution is 7.89. The summed E-state index contributed by atoms with van der Waals surface area (Å²) in [6.45, 7) is 3.55. The van der Waals surface area contributed by atoms with Crippen molar-refractivity contribution in [3.63, 3.8) is 0 Å². The fourth-order valence-electron chi connectivity index (χ4n) is 4.69. The lowest BCUT2D eigenvalue weighted by Crippen LogP contribution is -2.37. The number of carboxylic acids is 1. The van der Waals surface area contributed by atoms with E-state index >= 15 is 0 Å². The average Bonchev–Trinajstić information content (AvgIpc) is 3.33. The van der Waals surface area contributed by atoms with E-state index in [0.29, 0.717) is 37.1 Å². The molecule has 3 heterocycles. The van der Waals surface area contributed by atoms with Crippen LogP contribution in [0.2, 0.25) is 0 Å². The summed E-state index contributed by atoms with van der Waals surface area (Å²) in [4.78, 5) is 15.3. The number of aromatic nitrogens is 4. The van der Waals surface area contributed by atoms with Crippen LogP contribution in [-0.4, -0.2) is 56.4 Å². The first-order chi connectivity index (χ1) is 18.9. The third kappa shape index (κ3) is 6.61. The van der Waals surface area contributed by atoms with Crippen LogP contribution in [0.3, 0.4) is 0 Å². The molecule has 0 aliphatic carbocycles. The number of aliphatic carboxylic acids is 1. The highest BCUT2D eigenvalue weighted by Gasteiger charge is 2.38. The van der Waals surface area contributed by atoms with Gasteiger partial charge in [-0.05, 0) is 55.4 Å². The maximum Gasteiger partial charge on any atom is 0.416 e. The summed E-state index contributed by atoms with van der Waals surface area (Å²) in [7, 11) is -4.25. The molecule has 1 unspecified atom stereocenters. The zero-order chi connectivity index (χ0) is 29.1. The van der Waals surface area contributed by atoms with Crippen molar-refractivity contribution in [2.45, 2.75) is 75.7 Å². The van der Waals surface area contributed by atoms with Crippen molar-refractivity contribution >= 4 is 16.0 Å². The smallest absolute Gasteiger partial charge is 0.416 e. The van der Waals surface area contributed by atoms with Crippen LogP contribution >= 0.6 is 0 Å². The van der Waals surface area contributed by atoms with Crippen LogP contribution in [0.4, 0.5) is 13.2 Å². The number of hydrogen-bond acceptors (Lipinski definition) is 7. The number of aryl methyl sites for hydroxylation is 2. The molecule has 0 fully saturated rings. The molecule has 10 nitrogen and oxygen atoms in total. The number of halogens is 3. The van der Waals surface area contributed by atoms with Gasteiger partial charge in [0.15, 0.2) is 0 Å². The van der Waals surface area contributed by atoms with Crippen LogP contribution < -0.4 is 4.74 Å². The zero-order valence-electron chi connectivity index (χ0n) is 22.0. The van der Waals surface area contributed by atoms with Crippen LogP contribution in [0, 0.1) is 0 Å². The van der Waals surface area contributed by atoms with Gasteiger partial charge in [0, 0.05) is 25.5 Å². The summed E-state index contributed by atoms with van der Waals surface area (Å²) in [5, 5.41) is 17.5. The van der Waals surface area contributed by atoms with Crippen molar-refractivity contribution in [2.75, 3.05) is 6.54 Å². The molecule has 0 spiro atoms. The third-order valence-electron chi connectivity index (χ3n) is 6.85. The maximum absolute atomic E-state index is 14.1. The van der Waals surface area contributed by atoms with Gasteiger partial charge in [-0.2, -0.15) is 17.5 Å². The molecule has 1 aliphatic rings. The van der Waals surface area contributed by atoms with Crippen LogP contribution in [0.15, 0.2) is 47.8 Å². The van der Waals surface area contributed by atoms with Gasteiger partial charge in [0.05, 0.1) is 30.4 Å². The Balaban J connectivity index is 1.71. The molecule has 4 rings (SSSR count). The Labute approximate surface area is 229 Å². The molecular weight excluding hydrogens is 551 g/mol. The fraction of sp³-hybridized carbons (Fsp3) is 0.462. The highest BCUT2D eigenvalue weighted by Crippen LogP contribution is 2.38. The first-order valence-corrected chi connectivity index (χ1v) is 14.3. The molecule has 1 aromatic carbocycles. The summed E-state index contributed by atoms with van der Waals surface area (Å²) in [6.07, 6.45) is -0.346. The molecule has 0 amide bonds. The minimum absolute atomic E-state index is 0.0932. The lowest BCUT2D eigenvalue weighted by Gasteiger charge is -2.25. The topological polar surface area (TPSA) is 128 Å². The van der Waals surface area contributed by atoms with E-state index < -0.39 is 46.3 Å². The zero-order valence-corrected chi connectivity index (χ0v) is 22.8. The Morgan fingerprint density at radius 3 is 2.67 bits per heavy atom. The second kappa shape index (κ2) is 11.9. The molecular formula is C26H30F3N5O5S. The molecule has 0 bridgehead atoms. The van der Waals surface area contributed by atoms with Gasteiger partial charge in [0.1, 0.15) is 16.7 Å². The predicted octanol–water partition coefficient (Wildman–Crippen LogP) is 4.26. The molecule has 0 saturated heterocycles.